The molecule has 4 nitrogen and oxygen atoms in total. The fourth-order valence-electron chi connectivity index (χ4n) is 7.71. The third kappa shape index (κ3) is 5.65. The van der Waals surface area contributed by atoms with Gasteiger partial charge in [-0.05, 0) is 59.9 Å². The number of nitrogens with zero attached hydrogens (tertiary/aromatic N) is 4. The molecular formula is C49H36N4S. The van der Waals surface area contributed by atoms with E-state index in [0.29, 0.717) is 17.5 Å². The second kappa shape index (κ2) is 13.5. The number of hydrogen-bond donors (Lipinski definition) is 0. The molecule has 0 aliphatic carbocycles. The zero-order valence-corrected chi connectivity index (χ0v) is 30.7. The van der Waals surface area contributed by atoms with Gasteiger partial charge in [-0.3, -0.25) is 0 Å². The zero-order valence-electron chi connectivity index (χ0n) is 29.9. The molecule has 10 aromatic rings. The van der Waals surface area contributed by atoms with Crippen LogP contribution in [-0.4, -0.2) is 19.5 Å². The molecule has 0 N–H and O–H groups in total. The van der Waals surface area contributed by atoms with Crippen LogP contribution in [0.15, 0.2) is 164 Å². The van der Waals surface area contributed by atoms with Gasteiger partial charge in [-0.2, -0.15) is 0 Å². The van der Waals surface area contributed by atoms with Crippen LogP contribution < -0.4 is 0 Å². The molecule has 0 fully saturated rings. The van der Waals surface area contributed by atoms with Crippen molar-refractivity contribution in [3.05, 3.63) is 169 Å². The molecule has 0 spiro atoms. The Morgan fingerprint density at radius 1 is 0.481 bits per heavy atom. The quantitative estimate of drug-likeness (QED) is 0.158. The molecular weight excluding hydrogens is 677 g/mol. The van der Waals surface area contributed by atoms with Crippen molar-refractivity contribution in [3.8, 4) is 51.0 Å². The summed E-state index contributed by atoms with van der Waals surface area (Å²) in [5.74, 6) is 1.97. The van der Waals surface area contributed by atoms with E-state index in [0.717, 1.165) is 39.9 Å². The number of rotatable bonds is 8. The second-order valence-electron chi connectivity index (χ2n) is 13.9. The highest BCUT2D eigenvalue weighted by Crippen LogP contribution is 2.43. The fourth-order valence-corrected chi connectivity index (χ4v) is 8.95. The van der Waals surface area contributed by atoms with Crippen LogP contribution in [0.25, 0.3) is 93.0 Å². The van der Waals surface area contributed by atoms with Gasteiger partial charge < -0.3 is 4.57 Å². The fraction of sp³-hybridized carbons (Fsp3) is 0.0816. The molecule has 3 heterocycles. The first-order valence-corrected chi connectivity index (χ1v) is 19.5. The largest absolute Gasteiger partial charge is 0.308 e. The molecule has 0 saturated carbocycles. The number of fused-ring (bicyclic) bond motifs is 7. The second-order valence-corrected chi connectivity index (χ2v) is 14.9. The van der Waals surface area contributed by atoms with Crippen molar-refractivity contribution in [1.29, 1.82) is 0 Å². The summed E-state index contributed by atoms with van der Waals surface area (Å²) in [7, 11) is 0. The molecule has 7 aromatic carbocycles. The van der Waals surface area contributed by atoms with Gasteiger partial charge >= 0.3 is 0 Å². The van der Waals surface area contributed by atoms with Gasteiger partial charge in [-0.1, -0.05) is 147 Å². The lowest BCUT2D eigenvalue weighted by molar-refractivity contribution is 0.795. The Morgan fingerprint density at radius 3 is 1.81 bits per heavy atom. The molecule has 0 unspecified atom stereocenters. The maximum atomic E-state index is 4.98. The van der Waals surface area contributed by atoms with Crippen molar-refractivity contribution in [2.75, 3.05) is 0 Å². The lowest BCUT2D eigenvalue weighted by Crippen LogP contribution is -2.00. The van der Waals surface area contributed by atoms with Gasteiger partial charge in [-0.25, -0.2) is 15.0 Å². The van der Waals surface area contributed by atoms with Gasteiger partial charge in [0.1, 0.15) is 0 Å². The normalized spacial score (nSPS) is 11.6. The van der Waals surface area contributed by atoms with Crippen LogP contribution >= 0.6 is 11.3 Å². The number of unbranched alkanes of at least 4 members (excludes halogenated alkanes) is 1. The summed E-state index contributed by atoms with van der Waals surface area (Å²) in [5, 5.41) is 5.23. The highest BCUT2D eigenvalue weighted by Gasteiger charge is 2.19. The van der Waals surface area contributed by atoms with E-state index in [-0.39, 0.29) is 0 Å². The average molecular weight is 713 g/mol. The van der Waals surface area contributed by atoms with Crippen molar-refractivity contribution in [3.63, 3.8) is 0 Å². The highest BCUT2D eigenvalue weighted by molar-refractivity contribution is 7.26. The molecule has 0 bridgehead atoms. The molecule has 0 amide bonds. The van der Waals surface area contributed by atoms with Crippen LogP contribution in [-0.2, 0) is 6.42 Å². The highest BCUT2D eigenvalue weighted by atomic mass is 32.1. The number of aryl methyl sites for hydroxylation is 1. The minimum absolute atomic E-state index is 0.651. The first kappa shape index (κ1) is 32.2. The van der Waals surface area contributed by atoms with Gasteiger partial charge in [-0.15, -0.1) is 11.3 Å². The van der Waals surface area contributed by atoms with E-state index in [4.69, 9.17) is 15.0 Å². The van der Waals surface area contributed by atoms with Crippen LogP contribution in [0.2, 0.25) is 0 Å². The zero-order chi connectivity index (χ0) is 36.0. The molecule has 0 saturated heterocycles. The summed E-state index contributed by atoms with van der Waals surface area (Å²) >= 11 is 1.89. The van der Waals surface area contributed by atoms with E-state index in [2.05, 4.69) is 115 Å². The van der Waals surface area contributed by atoms with Crippen molar-refractivity contribution >= 4 is 53.3 Å². The molecule has 3 aromatic heterocycles. The van der Waals surface area contributed by atoms with Crippen LogP contribution in [0.4, 0.5) is 0 Å². The Morgan fingerprint density at radius 2 is 1.09 bits per heavy atom. The minimum Gasteiger partial charge on any atom is -0.308 e. The Bertz CT molecular complexity index is 2900. The topological polar surface area (TPSA) is 43.6 Å². The SMILES string of the molecule is CCCCc1ccc2c3ccc4c5ccccc5sc4c3n(-c3ccc(-c4cccc(-c5nc(-c6ccccc6)nc(-c6ccccc6)n5)c4)cc3)c2c1. The van der Waals surface area contributed by atoms with Gasteiger partial charge in [0.05, 0.1) is 15.7 Å². The smallest absolute Gasteiger partial charge is 0.164 e. The lowest BCUT2D eigenvalue weighted by Gasteiger charge is -2.12. The summed E-state index contributed by atoms with van der Waals surface area (Å²) in [6.45, 7) is 2.26. The summed E-state index contributed by atoms with van der Waals surface area (Å²) < 4.78 is 5.15. The Hall–Kier alpha value is -6.43. The molecule has 0 atom stereocenters. The monoisotopic (exact) mass is 712 g/mol. The Labute approximate surface area is 318 Å². The number of aromatic nitrogens is 4. The lowest BCUT2D eigenvalue weighted by atomic mass is 10.0. The average Bonchev–Trinajstić information content (AvgIpc) is 3.79. The maximum Gasteiger partial charge on any atom is 0.164 e. The third-order valence-electron chi connectivity index (χ3n) is 10.4. The van der Waals surface area contributed by atoms with E-state index >= 15 is 0 Å². The summed E-state index contributed by atoms with van der Waals surface area (Å²) in [6.07, 6.45) is 3.45. The molecule has 5 heteroatoms. The standard InChI is InChI=1S/C49H36N4S/c1-2-3-13-32-22-27-39-41-28-29-42-40-20-10-11-21-44(40)54-46(42)45(41)53(43(39)30-32)38-25-23-33(24-26-38)36-18-12-19-37(31-36)49-51-47(34-14-6-4-7-15-34)50-48(52-49)35-16-8-5-9-17-35/h4-12,14-31H,2-3,13H2,1H3. The van der Waals surface area contributed by atoms with Crippen molar-refractivity contribution in [1.82, 2.24) is 19.5 Å². The first-order chi connectivity index (χ1) is 26.7. The van der Waals surface area contributed by atoms with Crippen molar-refractivity contribution in [2.45, 2.75) is 26.2 Å². The molecule has 54 heavy (non-hydrogen) atoms. The van der Waals surface area contributed by atoms with Crippen LogP contribution in [0.1, 0.15) is 25.3 Å². The Kier molecular flexibility index (Phi) is 8.07. The van der Waals surface area contributed by atoms with Gasteiger partial charge in [0.15, 0.2) is 17.5 Å². The van der Waals surface area contributed by atoms with Crippen molar-refractivity contribution in [2.24, 2.45) is 0 Å². The molecule has 0 aliphatic rings. The van der Waals surface area contributed by atoms with Crippen molar-refractivity contribution < 1.29 is 0 Å². The van der Waals surface area contributed by atoms with E-state index in [1.54, 1.807) is 0 Å². The van der Waals surface area contributed by atoms with Gasteiger partial charge in [0.25, 0.3) is 0 Å². The third-order valence-corrected chi connectivity index (χ3v) is 11.6. The van der Waals surface area contributed by atoms with Crippen LogP contribution in [0, 0.1) is 0 Å². The molecule has 258 valence electrons. The Balaban J connectivity index is 1.09. The number of hydrogen-bond acceptors (Lipinski definition) is 4. The maximum absolute atomic E-state index is 4.98. The molecule has 0 aliphatic heterocycles. The van der Waals surface area contributed by atoms with Gasteiger partial charge in [0, 0.05) is 48.6 Å². The summed E-state index contributed by atoms with van der Waals surface area (Å²) in [4.78, 5) is 14.8. The van der Waals surface area contributed by atoms with E-state index < -0.39 is 0 Å². The minimum atomic E-state index is 0.651. The first-order valence-electron chi connectivity index (χ1n) is 18.7. The van der Waals surface area contributed by atoms with Crippen LogP contribution in [0.3, 0.4) is 0 Å². The summed E-state index contributed by atoms with van der Waals surface area (Å²) in [5.41, 5.74) is 10.2. The van der Waals surface area contributed by atoms with E-state index in [9.17, 15) is 0 Å². The van der Waals surface area contributed by atoms with E-state index in [1.165, 1.54) is 60.4 Å². The number of thiophene rings is 1. The molecule has 10 rings (SSSR count). The summed E-state index contributed by atoms with van der Waals surface area (Å²) in [6, 6.07) is 58.3. The van der Waals surface area contributed by atoms with E-state index in [1.807, 2.05) is 72.0 Å². The predicted molar refractivity (Wildman–Crippen MR) is 227 cm³/mol. The number of benzene rings is 7. The predicted octanol–water partition coefficient (Wildman–Crippen LogP) is 13.3. The van der Waals surface area contributed by atoms with Crippen LogP contribution in [0.5, 0.6) is 0 Å². The van der Waals surface area contributed by atoms with Gasteiger partial charge in [0.2, 0.25) is 0 Å². The molecule has 0 radical (unpaired) electrons.